The summed E-state index contributed by atoms with van der Waals surface area (Å²) in [5, 5.41) is 12.6. The number of sulfonamides is 1. The molecular weight excluding hydrogens is 362 g/mol. The summed E-state index contributed by atoms with van der Waals surface area (Å²) in [6.07, 6.45) is 4.10. The Labute approximate surface area is 151 Å². The van der Waals surface area contributed by atoms with Crippen molar-refractivity contribution in [2.45, 2.75) is 55.2 Å². The number of rotatable bonds is 4. The summed E-state index contributed by atoms with van der Waals surface area (Å²) in [6, 6.07) is 4.76. The van der Waals surface area contributed by atoms with Crippen molar-refractivity contribution in [3.8, 4) is 0 Å². The van der Waals surface area contributed by atoms with Gasteiger partial charge in [0.2, 0.25) is 10.0 Å². The smallest absolute Gasteiger partial charge is 0.240 e. The van der Waals surface area contributed by atoms with Crippen LogP contribution in [0.5, 0.6) is 0 Å². The van der Waals surface area contributed by atoms with E-state index >= 15 is 0 Å². The van der Waals surface area contributed by atoms with Crippen LogP contribution in [0.1, 0.15) is 44.2 Å². The molecule has 0 bridgehead atoms. The van der Waals surface area contributed by atoms with Gasteiger partial charge in [-0.1, -0.05) is 12.1 Å². The van der Waals surface area contributed by atoms with Gasteiger partial charge in [0, 0.05) is 18.3 Å². The molecule has 1 aliphatic heterocycles. The Morgan fingerprint density at radius 3 is 2.38 bits per heavy atom. The maximum Gasteiger partial charge on any atom is 0.240 e. The van der Waals surface area contributed by atoms with Crippen molar-refractivity contribution in [2.24, 2.45) is 0 Å². The number of hydrogen-bond donors (Lipinski definition) is 3. The molecule has 8 heteroatoms. The van der Waals surface area contributed by atoms with Gasteiger partial charge in [0.05, 0.1) is 10.5 Å². The van der Waals surface area contributed by atoms with E-state index in [0.29, 0.717) is 31.2 Å². The first-order valence-corrected chi connectivity index (χ1v) is 9.98. The van der Waals surface area contributed by atoms with Crippen LogP contribution in [0.4, 0.5) is 8.78 Å². The van der Waals surface area contributed by atoms with E-state index in [-0.39, 0.29) is 10.9 Å². The van der Waals surface area contributed by atoms with Crippen molar-refractivity contribution in [1.29, 1.82) is 0 Å². The largest absolute Gasteiger partial charge is 0.390 e. The number of aliphatic hydroxyl groups is 1. The van der Waals surface area contributed by atoms with E-state index in [1.54, 1.807) is 6.92 Å². The van der Waals surface area contributed by atoms with Crippen LogP contribution in [0.3, 0.4) is 0 Å². The molecule has 3 N–H and O–H groups in total. The lowest BCUT2D eigenvalue weighted by atomic mass is 9.84. The van der Waals surface area contributed by atoms with Gasteiger partial charge in [-0.05, 0) is 50.3 Å². The zero-order chi connectivity index (χ0) is 18.9. The predicted molar refractivity (Wildman–Crippen MR) is 93.9 cm³/mol. The van der Waals surface area contributed by atoms with Crippen LogP contribution in [-0.2, 0) is 10.0 Å². The summed E-state index contributed by atoms with van der Waals surface area (Å²) in [6.45, 7) is 1.75. The summed E-state index contributed by atoms with van der Waals surface area (Å²) >= 11 is 0. The second-order valence-corrected chi connectivity index (χ2v) is 8.83. The second kappa shape index (κ2) is 7.09. The first-order chi connectivity index (χ1) is 12.2. The molecule has 0 aromatic heterocycles. The monoisotopic (exact) mass is 384 g/mol. The zero-order valence-electron chi connectivity index (χ0n) is 14.4. The number of dihydropyridines is 1. The van der Waals surface area contributed by atoms with Gasteiger partial charge in [-0.25, -0.2) is 21.9 Å². The molecule has 0 spiro atoms. The highest BCUT2D eigenvalue weighted by Gasteiger charge is 2.31. The molecule has 1 saturated carbocycles. The van der Waals surface area contributed by atoms with Crippen molar-refractivity contribution in [3.05, 3.63) is 53.8 Å². The van der Waals surface area contributed by atoms with E-state index in [9.17, 15) is 22.3 Å². The minimum atomic E-state index is -3.70. The predicted octanol–water partition coefficient (Wildman–Crippen LogP) is 2.97. The molecule has 5 nitrogen and oxygen atoms in total. The molecule has 0 amide bonds. The number of hydrogen-bond acceptors (Lipinski definition) is 4. The third-order valence-corrected chi connectivity index (χ3v) is 6.38. The first-order valence-electron chi connectivity index (χ1n) is 8.50. The molecule has 1 atom stereocenters. The maximum atomic E-state index is 13.9. The molecule has 1 unspecified atom stereocenters. The average Bonchev–Trinajstić information content (AvgIpc) is 2.57. The molecular formula is C18H22F2N2O3S. The fourth-order valence-corrected chi connectivity index (χ4v) is 4.54. The van der Waals surface area contributed by atoms with Crippen LogP contribution >= 0.6 is 0 Å². The zero-order valence-corrected chi connectivity index (χ0v) is 15.2. The summed E-state index contributed by atoms with van der Waals surface area (Å²) in [5.41, 5.74) is -0.239. The lowest BCUT2D eigenvalue weighted by molar-refractivity contribution is 0.0163. The molecule has 2 aliphatic rings. The van der Waals surface area contributed by atoms with Gasteiger partial charge in [-0.3, -0.25) is 0 Å². The third kappa shape index (κ3) is 4.31. The molecule has 0 saturated heterocycles. The molecule has 1 fully saturated rings. The lowest BCUT2D eigenvalue weighted by Gasteiger charge is -2.33. The molecule has 26 heavy (non-hydrogen) atoms. The van der Waals surface area contributed by atoms with Crippen molar-refractivity contribution in [2.75, 3.05) is 0 Å². The van der Waals surface area contributed by atoms with Crippen LogP contribution in [0.15, 0.2) is 53.1 Å². The number of halogens is 2. The van der Waals surface area contributed by atoms with E-state index in [1.165, 1.54) is 24.3 Å². The van der Waals surface area contributed by atoms with Gasteiger partial charge in [-0.2, -0.15) is 0 Å². The lowest BCUT2D eigenvalue weighted by Crippen LogP contribution is -2.42. The summed E-state index contributed by atoms with van der Waals surface area (Å²) in [4.78, 5) is 0.0838. The summed E-state index contributed by atoms with van der Waals surface area (Å²) in [5.74, 6) is -1.37. The second-order valence-electron chi connectivity index (χ2n) is 7.12. The van der Waals surface area contributed by atoms with E-state index in [4.69, 9.17) is 0 Å². The quantitative estimate of drug-likeness (QED) is 0.746. The van der Waals surface area contributed by atoms with Crippen LogP contribution in [-0.4, -0.2) is 25.2 Å². The fraction of sp³-hybridized carbons (Fsp3) is 0.444. The van der Waals surface area contributed by atoms with Crippen molar-refractivity contribution >= 4 is 10.0 Å². The van der Waals surface area contributed by atoms with Gasteiger partial charge >= 0.3 is 0 Å². The van der Waals surface area contributed by atoms with Gasteiger partial charge in [0.15, 0.2) is 0 Å². The number of benzene rings is 1. The van der Waals surface area contributed by atoms with E-state index < -0.39 is 33.3 Å². The van der Waals surface area contributed by atoms with Crippen LogP contribution < -0.4 is 10.0 Å². The molecule has 142 valence electrons. The molecule has 3 rings (SSSR count). The fourth-order valence-electron chi connectivity index (χ4n) is 3.24. The average molecular weight is 384 g/mol. The van der Waals surface area contributed by atoms with Crippen LogP contribution in [0.2, 0.25) is 0 Å². The van der Waals surface area contributed by atoms with Gasteiger partial charge < -0.3 is 10.4 Å². The summed E-state index contributed by atoms with van der Waals surface area (Å²) in [7, 11) is -3.70. The van der Waals surface area contributed by atoms with E-state index in [0.717, 1.165) is 12.3 Å². The highest BCUT2D eigenvalue weighted by Crippen LogP contribution is 2.30. The standard InChI is InChI=1S/C18H22F2N2O3S/c1-18(23)8-6-14(7-9-18)22-26(24,25)15-4-2-12(3-5-15)17-16(20)10-13(19)11-21-17/h2-5,10-11,14,17,21-23H,6-9H2,1H3. The van der Waals surface area contributed by atoms with Crippen LogP contribution in [0.25, 0.3) is 0 Å². The molecule has 0 radical (unpaired) electrons. The Morgan fingerprint density at radius 2 is 1.81 bits per heavy atom. The Kier molecular flexibility index (Phi) is 5.18. The normalized spacial score (nSPS) is 29.5. The first kappa shape index (κ1) is 19.0. The van der Waals surface area contributed by atoms with Crippen molar-refractivity contribution < 1.29 is 22.3 Å². The number of nitrogens with one attached hydrogen (secondary N) is 2. The van der Waals surface area contributed by atoms with E-state index in [2.05, 4.69) is 10.0 Å². The van der Waals surface area contributed by atoms with Gasteiger partial charge in [0.1, 0.15) is 17.7 Å². The Balaban J connectivity index is 1.69. The van der Waals surface area contributed by atoms with Crippen molar-refractivity contribution in [1.82, 2.24) is 10.0 Å². The third-order valence-electron chi connectivity index (χ3n) is 4.85. The van der Waals surface area contributed by atoms with Gasteiger partial charge in [0.25, 0.3) is 0 Å². The van der Waals surface area contributed by atoms with Crippen LogP contribution in [0, 0.1) is 0 Å². The molecule has 1 aromatic carbocycles. The van der Waals surface area contributed by atoms with Crippen molar-refractivity contribution in [3.63, 3.8) is 0 Å². The summed E-state index contributed by atoms with van der Waals surface area (Å²) < 4.78 is 54.6. The maximum absolute atomic E-state index is 13.9. The topological polar surface area (TPSA) is 78.4 Å². The molecule has 1 aromatic rings. The Hall–Kier alpha value is -1.77. The highest BCUT2D eigenvalue weighted by molar-refractivity contribution is 7.89. The Morgan fingerprint density at radius 1 is 1.19 bits per heavy atom. The molecule has 1 heterocycles. The molecule has 1 aliphatic carbocycles. The highest BCUT2D eigenvalue weighted by atomic mass is 32.2. The SMILES string of the molecule is CC1(O)CCC(NS(=O)(=O)c2ccc(C3NC=C(F)C=C3F)cc2)CC1. The van der Waals surface area contributed by atoms with E-state index in [1.807, 2.05) is 0 Å². The van der Waals surface area contributed by atoms with Gasteiger partial charge in [-0.15, -0.1) is 0 Å². The number of allylic oxidation sites excluding steroid dienone is 2. The Bertz CT molecular complexity index is 822. The minimum absolute atomic E-state index is 0.0838. The minimum Gasteiger partial charge on any atom is -0.390 e.